The fourth-order valence-corrected chi connectivity index (χ4v) is 2.36. The molecule has 1 aliphatic heterocycles. The molecule has 0 unspecified atom stereocenters. The maximum atomic E-state index is 12.2. The zero-order chi connectivity index (χ0) is 13.1. The number of nitrogens with zero attached hydrogens (tertiary/aromatic N) is 2. The lowest BCUT2D eigenvalue weighted by molar-refractivity contribution is -0.135. The highest BCUT2D eigenvalue weighted by Crippen LogP contribution is 2.19. The van der Waals surface area contributed by atoms with Crippen molar-refractivity contribution in [1.82, 2.24) is 14.8 Å². The van der Waals surface area contributed by atoms with Crippen LogP contribution in [-0.2, 0) is 22.6 Å². The van der Waals surface area contributed by atoms with E-state index in [2.05, 4.69) is 11.4 Å². The highest BCUT2D eigenvalue weighted by Gasteiger charge is 2.21. The Bertz CT molecular complexity index is 434. The van der Waals surface area contributed by atoms with Crippen molar-refractivity contribution in [3.05, 3.63) is 24.0 Å². The minimum absolute atomic E-state index is 0.187. The van der Waals surface area contributed by atoms with Crippen LogP contribution in [0.25, 0.3) is 0 Å². The Balaban J connectivity index is 1.55. The van der Waals surface area contributed by atoms with Gasteiger partial charge in [0.25, 0.3) is 0 Å². The molecule has 1 saturated heterocycles. The van der Waals surface area contributed by atoms with Gasteiger partial charge in [0.05, 0.1) is 13.2 Å². The van der Waals surface area contributed by atoms with Gasteiger partial charge in [-0.2, -0.15) is 0 Å². The van der Waals surface area contributed by atoms with Crippen LogP contribution in [0.3, 0.4) is 0 Å². The monoisotopic (exact) mass is 263 g/mol. The summed E-state index contributed by atoms with van der Waals surface area (Å²) in [6.07, 6.45) is 4.56. The molecule has 5 nitrogen and oxygen atoms in total. The summed E-state index contributed by atoms with van der Waals surface area (Å²) in [6, 6.07) is 4.79. The van der Waals surface area contributed by atoms with E-state index in [0.717, 1.165) is 19.6 Å². The number of rotatable bonds is 5. The van der Waals surface area contributed by atoms with Gasteiger partial charge in [-0.25, -0.2) is 0 Å². The molecule has 2 heterocycles. The molecule has 0 radical (unpaired) electrons. The summed E-state index contributed by atoms with van der Waals surface area (Å²) in [7, 11) is 0. The first-order chi connectivity index (χ1) is 9.33. The third-order valence-electron chi connectivity index (χ3n) is 3.74. The molecule has 1 amide bonds. The lowest BCUT2D eigenvalue weighted by Gasteiger charge is -2.27. The standard InChI is InChI=1S/C14H21N3O2/c18-14(16-6-8-19-9-7-16)11-17-5-1-2-13(17)10-15-12-3-4-12/h1-2,5,12,15H,3-4,6-11H2. The van der Waals surface area contributed by atoms with E-state index in [0.29, 0.717) is 25.8 Å². The Kier molecular flexibility index (Phi) is 3.84. The molecular weight excluding hydrogens is 242 g/mol. The van der Waals surface area contributed by atoms with Gasteiger partial charge in [0.1, 0.15) is 6.54 Å². The first-order valence-corrected chi connectivity index (χ1v) is 7.06. The third-order valence-corrected chi connectivity index (χ3v) is 3.74. The SMILES string of the molecule is O=C(Cn1cccc1CNC1CC1)N1CCOCC1. The van der Waals surface area contributed by atoms with E-state index in [4.69, 9.17) is 4.74 Å². The number of aromatic nitrogens is 1. The van der Waals surface area contributed by atoms with Gasteiger partial charge in [0.2, 0.25) is 5.91 Å². The fraction of sp³-hybridized carbons (Fsp3) is 0.643. The quantitative estimate of drug-likeness (QED) is 0.846. The smallest absolute Gasteiger partial charge is 0.242 e. The first kappa shape index (κ1) is 12.7. The van der Waals surface area contributed by atoms with Gasteiger partial charge in [0.15, 0.2) is 0 Å². The summed E-state index contributed by atoms with van der Waals surface area (Å²) in [5.41, 5.74) is 1.19. The van der Waals surface area contributed by atoms with Crippen molar-refractivity contribution in [2.45, 2.75) is 32.0 Å². The molecule has 3 rings (SSSR count). The van der Waals surface area contributed by atoms with E-state index in [-0.39, 0.29) is 5.91 Å². The third kappa shape index (κ3) is 3.36. The largest absolute Gasteiger partial charge is 0.378 e. The van der Waals surface area contributed by atoms with Crippen LogP contribution in [0.4, 0.5) is 0 Å². The van der Waals surface area contributed by atoms with Gasteiger partial charge in [-0.05, 0) is 25.0 Å². The number of carbonyl (C=O) groups is 1. The molecule has 1 aromatic heterocycles. The number of hydrogen-bond acceptors (Lipinski definition) is 3. The molecule has 1 aliphatic carbocycles. The summed E-state index contributed by atoms with van der Waals surface area (Å²) in [5, 5.41) is 3.49. The molecule has 0 aromatic carbocycles. The van der Waals surface area contributed by atoms with Crippen LogP contribution in [0, 0.1) is 0 Å². The predicted molar refractivity (Wildman–Crippen MR) is 71.7 cm³/mol. The van der Waals surface area contributed by atoms with Crippen LogP contribution in [0.5, 0.6) is 0 Å². The predicted octanol–water partition coefficient (Wildman–Crippen LogP) is 0.599. The van der Waals surface area contributed by atoms with Gasteiger partial charge in [-0.1, -0.05) is 0 Å². The Morgan fingerprint density at radius 1 is 1.37 bits per heavy atom. The Labute approximate surface area is 113 Å². The molecule has 0 atom stereocenters. The first-order valence-electron chi connectivity index (χ1n) is 7.06. The second-order valence-corrected chi connectivity index (χ2v) is 5.28. The zero-order valence-corrected chi connectivity index (χ0v) is 11.2. The summed E-state index contributed by atoms with van der Waals surface area (Å²) >= 11 is 0. The molecule has 1 aromatic rings. The van der Waals surface area contributed by atoms with E-state index in [1.54, 1.807) is 0 Å². The zero-order valence-electron chi connectivity index (χ0n) is 11.2. The molecule has 2 fully saturated rings. The minimum Gasteiger partial charge on any atom is -0.378 e. The van der Waals surface area contributed by atoms with Crippen molar-refractivity contribution in [1.29, 1.82) is 0 Å². The lowest BCUT2D eigenvalue weighted by atomic mass is 10.3. The van der Waals surface area contributed by atoms with Crippen molar-refractivity contribution in [2.75, 3.05) is 26.3 Å². The van der Waals surface area contributed by atoms with Gasteiger partial charge in [-0.15, -0.1) is 0 Å². The van der Waals surface area contributed by atoms with Gasteiger partial charge in [0, 0.05) is 37.6 Å². The minimum atomic E-state index is 0.187. The summed E-state index contributed by atoms with van der Waals surface area (Å²) in [6.45, 7) is 4.05. The fourth-order valence-electron chi connectivity index (χ4n) is 2.36. The highest BCUT2D eigenvalue weighted by molar-refractivity contribution is 5.76. The van der Waals surface area contributed by atoms with Crippen molar-refractivity contribution < 1.29 is 9.53 Å². The average Bonchev–Trinajstić information content (AvgIpc) is 3.18. The summed E-state index contributed by atoms with van der Waals surface area (Å²) in [4.78, 5) is 14.1. The van der Waals surface area contributed by atoms with Crippen LogP contribution in [0.15, 0.2) is 18.3 Å². The molecule has 1 saturated carbocycles. The van der Waals surface area contributed by atoms with Crippen molar-refractivity contribution >= 4 is 5.91 Å². The van der Waals surface area contributed by atoms with Crippen LogP contribution in [0.1, 0.15) is 18.5 Å². The van der Waals surface area contributed by atoms with Crippen LogP contribution >= 0.6 is 0 Å². The van der Waals surface area contributed by atoms with E-state index < -0.39 is 0 Å². The maximum absolute atomic E-state index is 12.2. The molecule has 2 aliphatic rings. The van der Waals surface area contributed by atoms with Crippen LogP contribution in [-0.4, -0.2) is 47.7 Å². The summed E-state index contributed by atoms with van der Waals surface area (Å²) in [5.74, 6) is 0.187. The molecule has 5 heteroatoms. The number of nitrogens with one attached hydrogen (secondary N) is 1. The average molecular weight is 263 g/mol. The van der Waals surface area contributed by atoms with Crippen LogP contribution < -0.4 is 5.32 Å². The Morgan fingerprint density at radius 2 is 2.16 bits per heavy atom. The molecule has 104 valence electrons. The number of hydrogen-bond donors (Lipinski definition) is 1. The van der Waals surface area contributed by atoms with Gasteiger partial charge < -0.3 is 19.5 Å². The Hall–Kier alpha value is -1.33. The van der Waals surface area contributed by atoms with E-state index in [9.17, 15) is 4.79 Å². The highest BCUT2D eigenvalue weighted by atomic mass is 16.5. The lowest BCUT2D eigenvalue weighted by Crippen LogP contribution is -2.42. The maximum Gasteiger partial charge on any atom is 0.242 e. The molecular formula is C14H21N3O2. The molecule has 0 bridgehead atoms. The van der Waals surface area contributed by atoms with E-state index >= 15 is 0 Å². The second kappa shape index (κ2) is 5.75. The van der Waals surface area contributed by atoms with E-state index in [1.165, 1.54) is 18.5 Å². The normalized spacial score (nSPS) is 19.7. The van der Waals surface area contributed by atoms with Gasteiger partial charge in [-0.3, -0.25) is 4.79 Å². The van der Waals surface area contributed by atoms with Crippen molar-refractivity contribution in [3.8, 4) is 0 Å². The van der Waals surface area contributed by atoms with Gasteiger partial charge >= 0.3 is 0 Å². The van der Waals surface area contributed by atoms with Crippen molar-refractivity contribution in [3.63, 3.8) is 0 Å². The number of ether oxygens (including phenoxy) is 1. The molecule has 19 heavy (non-hydrogen) atoms. The number of amides is 1. The number of morpholine rings is 1. The number of carbonyl (C=O) groups excluding carboxylic acids is 1. The second-order valence-electron chi connectivity index (χ2n) is 5.28. The summed E-state index contributed by atoms with van der Waals surface area (Å²) < 4.78 is 7.32. The Morgan fingerprint density at radius 3 is 2.89 bits per heavy atom. The van der Waals surface area contributed by atoms with E-state index in [1.807, 2.05) is 21.7 Å². The molecule has 0 spiro atoms. The van der Waals surface area contributed by atoms with Crippen molar-refractivity contribution in [2.24, 2.45) is 0 Å². The topological polar surface area (TPSA) is 46.5 Å². The van der Waals surface area contributed by atoms with Crippen LogP contribution in [0.2, 0.25) is 0 Å². The molecule has 1 N–H and O–H groups in total.